The van der Waals surface area contributed by atoms with Gasteiger partial charge in [-0.25, -0.2) is 0 Å². The van der Waals surface area contributed by atoms with Gasteiger partial charge in [-0.05, 0) is 43.5 Å². The fraction of sp³-hybridized carbons (Fsp3) is 0.588. The van der Waals surface area contributed by atoms with E-state index in [9.17, 15) is 4.79 Å². The van der Waals surface area contributed by atoms with Gasteiger partial charge in [-0.15, -0.1) is 0 Å². The zero-order valence-corrected chi connectivity index (χ0v) is 13.5. The van der Waals surface area contributed by atoms with Gasteiger partial charge in [-0.2, -0.15) is 0 Å². The van der Waals surface area contributed by atoms with Crippen molar-refractivity contribution in [3.8, 4) is 0 Å². The van der Waals surface area contributed by atoms with Crippen molar-refractivity contribution in [3.63, 3.8) is 0 Å². The van der Waals surface area contributed by atoms with E-state index in [1.54, 1.807) is 7.11 Å². The van der Waals surface area contributed by atoms with Crippen LogP contribution in [0.2, 0.25) is 0 Å². The van der Waals surface area contributed by atoms with Crippen LogP contribution >= 0.6 is 0 Å². The maximum atomic E-state index is 12.7. The van der Waals surface area contributed by atoms with E-state index in [1.807, 2.05) is 29.2 Å². The van der Waals surface area contributed by atoms with E-state index < -0.39 is 0 Å². The lowest BCUT2D eigenvalue weighted by Gasteiger charge is -2.30. The molecule has 0 fully saturated rings. The van der Waals surface area contributed by atoms with Gasteiger partial charge in [-0.1, -0.05) is 26.0 Å². The number of rotatable bonds is 9. The van der Waals surface area contributed by atoms with Crippen LogP contribution in [-0.4, -0.2) is 43.7 Å². The van der Waals surface area contributed by atoms with Crippen molar-refractivity contribution in [2.45, 2.75) is 39.2 Å². The summed E-state index contributed by atoms with van der Waals surface area (Å²) in [6.45, 7) is 6.05. The molecule has 21 heavy (non-hydrogen) atoms. The molecule has 0 radical (unpaired) electrons. The zero-order valence-electron chi connectivity index (χ0n) is 13.5. The van der Waals surface area contributed by atoms with E-state index in [2.05, 4.69) is 13.8 Å². The highest BCUT2D eigenvalue weighted by atomic mass is 16.5. The molecule has 1 aromatic carbocycles. The Labute approximate surface area is 128 Å². The molecule has 2 N–H and O–H groups in total. The van der Waals surface area contributed by atoms with Gasteiger partial charge in [0.25, 0.3) is 5.91 Å². The zero-order chi connectivity index (χ0) is 15.7. The average molecular weight is 292 g/mol. The molecule has 0 aliphatic carbocycles. The van der Waals surface area contributed by atoms with Gasteiger partial charge in [-0.3, -0.25) is 4.79 Å². The van der Waals surface area contributed by atoms with E-state index in [-0.39, 0.29) is 11.9 Å². The van der Waals surface area contributed by atoms with Crippen molar-refractivity contribution in [1.82, 2.24) is 4.90 Å². The molecule has 1 amide bonds. The molecule has 118 valence electrons. The Bertz CT molecular complexity index is 413. The van der Waals surface area contributed by atoms with Gasteiger partial charge in [0.1, 0.15) is 0 Å². The topological polar surface area (TPSA) is 55.6 Å². The number of hydrogen-bond donors (Lipinski definition) is 1. The molecule has 0 aliphatic heterocycles. The Hall–Kier alpha value is -1.39. The second-order valence-corrected chi connectivity index (χ2v) is 5.20. The van der Waals surface area contributed by atoms with E-state index >= 15 is 0 Å². The van der Waals surface area contributed by atoms with Gasteiger partial charge >= 0.3 is 0 Å². The molecule has 1 rings (SSSR count). The standard InChI is InChI=1S/C17H28N2O2/c1-4-16(5-2)19(12-13-21-3)17(20)15-8-6-14(7-9-15)10-11-18/h6-9,16H,4-5,10-13,18H2,1-3H3. The summed E-state index contributed by atoms with van der Waals surface area (Å²) >= 11 is 0. The minimum atomic E-state index is 0.0834. The minimum Gasteiger partial charge on any atom is -0.383 e. The van der Waals surface area contributed by atoms with Crippen molar-refractivity contribution in [1.29, 1.82) is 0 Å². The van der Waals surface area contributed by atoms with E-state index in [4.69, 9.17) is 10.5 Å². The largest absolute Gasteiger partial charge is 0.383 e. The number of carbonyl (C=O) groups is 1. The Balaban J connectivity index is 2.87. The SMILES string of the molecule is CCC(CC)N(CCOC)C(=O)c1ccc(CCN)cc1. The lowest BCUT2D eigenvalue weighted by molar-refractivity contribution is 0.0589. The van der Waals surface area contributed by atoms with Gasteiger partial charge in [0.2, 0.25) is 0 Å². The molecule has 0 heterocycles. The summed E-state index contributed by atoms with van der Waals surface area (Å²) in [6, 6.07) is 8.03. The molecule has 0 saturated heterocycles. The molecule has 4 heteroatoms. The summed E-state index contributed by atoms with van der Waals surface area (Å²) in [6.07, 6.45) is 2.75. The second kappa shape index (κ2) is 9.53. The lowest BCUT2D eigenvalue weighted by Crippen LogP contribution is -2.41. The van der Waals surface area contributed by atoms with Crippen LogP contribution in [0.5, 0.6) is 0 Å². The Morgan fingerprint density at radius 2 is 1.86 bits per heavy atom. The molecule has 0 spiro atoms. The molecule has 0 aliphatic rings. The predicted octanol–water partition coefficient (Wildman–Crippen LogP) is 2.46. The van der Waals surface area contributed by atoms with E-state index in [0.717, 1.165) is 24.8 Å². The average Bonchev–Trinajstić information content (AvgIpc) is 2.52. The first-order valence-electron chi connectivity index (χ1n) is 7.76. The Kier molecular flexibility index (Phi) is 8.01. The highest BCUT2D eigenvalue weighted by molar-refractivity contribution is 5.94. The molecule has 1 aromatic rings. The van der Waals surface area contributed by atoms with Crippen LogP contribution in [0.3, 0.4) is 0 Å². The third kappa shape index (κ3) is 5.14. The number of ether oxygens (including phenoxy) is 1. The van der Waals surface area contributed by atoms with Crippen LogP contribution in [-0.2, 0) is 11.2 Å². The van der Waals surface area contributed by atoms with E-state index in [0.29, 0.717) is 19.7 Å². The quantitative estimate of drug-likeness (QED) is 0.760. The van der Waals surface area contributed by atoms with Crippen molar-refractivity contribution in [2.75, 3.05) is 26.8 Å². The van der Waals surface area contributed by atoms with Crippen LogP contribution in [0.1, 0.15) is 42.6 Å². The predicted molar refractivity (Wildman–Crippen MR) is 86.5 cm³/mol. The van der Waals surface area contributed by atoms with Gasteiger partial charge in [0.05, 0.1) is 6.61 Å². The minimum absolute atomic E-state index is 0.0834. The first-order chi connectivity index (χ1) is 10.2. The number of hydrogen-bond acceptors (Lipinski definition) is 3. The van der Waals surface area contributed by atoms with Crippen LogP contribution in [0.25, 0.3) is 0 Å². The number of amides is 1. The Morgan fingerprint density at radius 3 is 2.33 bits per heavy atom. The summed E-state index contributed by atoms with van der Waals surface area (Å²) in [7, 11) is 1.66. The number of methoxy groups -OCH3 is 1. The van der Waals surface area contributed by atoms with Crippen LogP contribution in [0.4, 0.5) is 0 Å². The molecule has 0 saturated carbocycles. The lowest BCUT2D eigenvalue weighted by atomic mass is 10.1. The van der Waals surface area contributed by atoms with Crippen molar-refractivity contribution in [3.05, 3.63) is 35.4 Å². The summed E-state index contributed by atoms with van der Waals surface area (Å²) in [4.78, 5) is 14.7. The highest BCUT2D eigenvalue weighted by Gasteiger charge is 2.21. The maximum Gasteiger partial charge on any atom is 0.254 e. The summed E-state index contributed by atoms with van der Waals surface area (Å²) in [5.41, 5.74) is 7.45. The molecule has 4 nitrogen and oxygen atoms in total. The van der Waals surface area contributed by atoms with Crippen LogP contribution in [0.15, 0.2) is 24.3 Å². The van der Waals surface area contributed by atoms with E-state index in [1.165, 1.54) is 5.56 Å². The number of carbonyl (C=O) groups excluding carboxylic acids is 1. The fourth-order valence-corrected chi connectivity index (χ4v) is 2.52. The molecular formula is C17H28N2O2. The summed E-state index contributed by atoms with van der Waals surface area (Å²) in [5, 5.41) is 0. The maximum absolute atomic E-state index is 12.7. The van der Waals surface area contributed by atoms with Crippen molar-refractivity contribution >= 4 is 5.91 Å². The van der Waals surface area contributed by atoms with Gasteiger partial charge in [0.15, 0.2) is 0 Å². The smallest absolute Gasteiger partial charge is 0.254 e. The third-order valence-electron chi connectivity index (χ3n) is 3.81. The van der Waals surface area contributed by atoms with Crippen LogP contribution in [0, 0.1) is 0 Å². The first kappa shape index (κ1) is 17.7. The first-order valence-corrected chi connectivity index (χ1v) is 7.76. The van der Waals surface area contributed by atoms with Crippen LogP contribution < -0.4 is 5.73 Å². The van der Waals surface area contributed by atoms with Crippen molar-refractivity contribution < 1.29 is 9.53 Å². The number of benzene rings is 1. The number of nitrogens with zero attached hydrogens (tertiary/aromatic N) is 1. The van der Waals surface area contributed by atoms with Gasteiger partial charge in [0, 0.05) is 25.3 Å². The second-order valence-electron chi connectivity index (χ2n) is 5.20. The fourth-order valence-electron chi connectivity index (χ4n) is 2.52. The molecule has 0 bridgehead atoms. The van der Waals surface area contributed by atoms with Gasteiger partial charge < -0.3 is 15.4 Å². The Morgan fingerprint density at radius 1 is 1.24 bits per heavy atom. The molecule has 0 atom stereocenters. The summed E-state index contributed by atoms with van der Waals surface area (Å²) < 4.78 is 5.14. The molecule has 0 aromatic heterocycles. The molecular weight excluding hydrogens is 264 g/mol. The normalized spacial score (nSPS) is 10.9. The highest BCUT2D eigenvalue weighted by Crippen LogP contribution is 2.14. The number of nitrogens with two attached hydrogens (primary N) is 1. The third-order valence-corrected chi connectivity index (χ3v) is 3.81. The summed E-state index contributed by atoms with van der Waals surface area (Å²) in [5.74, 6) is 0.0834. The van der Waals surface area contributed by atoms with Crippen molar-refractivity contribution in [2.24, 2.45) is 5.73 Å². The monoisotopic (exact) mass is 292 g/mol. The molecule has 0 unspecified atom stereocenters.